The number of aliphatic hydroxyl groups is 5. The van der Waals surface area contributed by atoms with Crippen molar-refractivity contribution in [1.29, 1.82) is 0 Å². The second-order valence-corrected chi connectivity index (χ2v) is 17.2. The summed E-state index contributed by atoms with van der Waals surface area (Å²) in [4.78, 5) is 0. The van der Waals surface area contributed by atoms with Crippen LogP contribution in [0.4, 0.5) is 0 Å². The van der Waals surface area contributed by atoms with E-state index in [2.05, 4.69) is 53.7 Å². The van der Waals surface area contributed by atoms with Gasteiger partial charge in [0, 0.05) is 18.4 Å². The summed E-state index contributed by atoms with van der Waals surface area (Å²) < 4.78 is 18.6. The molecule has 1 heterocycles. The Hall–Kier alpha value is -0.840. The number of rotatable bonds is 8. The molecule has 8 nitrogen and oxygen atoms in total. The zero-order chi connectivity index (χ0) is 33.3. The van der Waals surface area contributed by atoms with Gasteiger partial charge in [0.15, 0.2) is 6.29 Å². The van der Waals surface area contributed by atoms with Crippen LogP contribution in [0.3, 0.4) is 0 Å². The summed E-state index contributed by atoms with van der Waals surface area (Å²) >= 11 is 0. The van der Waals surface area contributed by atoms with E-state index in [1.54, 1.807) is 0 Å². The smallest absolute Gasteiger partial charge is 0.187 e. The molecule has 8 heteroatoms. The van der Waals surface area contributed by atoms with E-state index < -0.39 is 42.9 Å². The number of hydrogen-bond acceptors (Lipinski definition) is 8. The van der Waals surface area contributed by atoms with Crippen molar-refractivity contribution in [3.63, 3.8) is 0 Å². The lowest BCUT2D eigenvalue weighted by Gasteiger charge is -2.67. The Labute approximate surface area is 271 Å². The molecular weight excluding hydrogens is 572 g/mol. The molecule has 258 valence electrons. The molecule has 0 aromatic heterocycles. The number of hydrogen-bond donors (Lipinski definition) is 5. The molecule has 5 N–H and O–H groups in total. The minimum Gasteiger partial charge on any atom is -0.394 e. The molecule has 0 spiro atoms. The second-order valence-electron chi connectivity index (χ2n) is 17.2. The monoisotopic (exact) mass is 634 g/mol. The predicted molar refractivity (Wildman–Crippen MR) is 173 cm³/mol. The van der Waals surface area contributed by atoms with Gasteiger partial charge in [0.05, 0.1) is 24.4 Å². The van der Waals surface area contributed by atoms with Gasteiger partial charge in [-0.05, 0) is 92.8 Å². The number of methoxy groups -OCH3 is 1. The molecule has 0 amide bonds. The fourth-order valence-electron chi connectivity index (χ4n) is 11.2. The van der Waals surface area contributed by atoms with E-state index in [-0.39, 0.29) is 33.9 Å². The topological polar surface area (TPSA) is 129 Å². The van der Waals surface area contributed by atoms with Crippen LogP contribution in [0.1, 0.15) is 100 Å². The molecule has 5 rings (SSSR count). The molecule has 0 aromatic rings. The molecule has 0 aromatic carbocycles. The van der Waals surface area contributed by atoms with Gasteiger partial charge in [0.25, 0.3) is 0 Å². The zero-order valence-corrected chi connectivity index (χ0v) is 29.2. The van der Waals surface area contributed by atoms with Crippen LogP contribution in [-0.4, -0.2) is 87.8 Å². The van der Waals surface area contributed by atoms with E-state index in [0.717, 1.165) is 25.7 Å². The van der Waals surface area contributed by atoms with Gasteiger partial charge < -0.3 is 39.7 Å². The summed E-state index contributed by atoms with van der Waals surface area (Å²) in [7, 11) is 1.85. The van der Waals surface area contributed by atoms with Crippen molar-refractivity contribution in [2.24, 2.45) is 45.3 Å². The second kappa shape index (κ2) is 12.2. The molecule has 45 heavy (non-hydrogen) atoms. The fraction of sp³-hybridized carbons (Fsp3) is 0.892. The van der Waals surface area contributed by atoms with Crippen LogP contribution in [0.2, 0.25) is 0 Å². The molecule has 0 unspecified atom stereocenters. The highest BCUT2D eigenvalue weighted by Gasteiger charge is 2.69. The molecule has 4 aliphatic carbocycles. The van der Waals surface area contributed by atoms with Gasteiger partial charge in [-0.15, -0.1) is 0 Å². The van der Waals surface area contributed by atoms with Crippen molar-refractivity contribution in [3.8, 4) is 0 Å². The number of fused-ring (bicyclic) bond motifs is 5. The van der Waals surface area contributed by atoms with Gasteiger partial charge >= 0.3 is 0 Å². The minimum absolute atomic E-state index is 0.0275. The largest absolute Gasteiger partial charge is 0.394 e. The Morgan fingerprint density at radius 3 is 2.29 bits per heavy atom. The van der Waals surface area contributed by atoms with Gasteiger partial charge in [-0.25, -0.2) is 0 Å². The average molecular weight is 635 g/mol. The van der Waals surface area contributed by atoms with Crippen LogP contribution in [0.15, 0.2) is 23.8 Å². The summed E-state index contributed by atoms with van der Waals surface area (Å²) in [5.41, 5.74) is 0.554. The van der Waals surface area contributed by atoms with Crippen LogP contribution >= 0.6 is 0 Å². The third kappa shape index (κ3) is 5.71. The maximum absolute atomic E-state index is 10.7. The highest BCUT2D eigenvalue weighted by molar-refractivity contribution is 5.33. The Morgan fingerprint density at radius 1 is 0.978 bits per heavy atom. The Bertz CT molecular complexity index is 1130. The van der Waals surface area contributed by atoms with E-state index in [0.29, 0.717) is 23.7 Å². The van der Waals surface area contributed by atoms with Crippen molar-refractivity contribution in [2.45, 2.75) is 149 Å². The lowest BCUT2D eigenvalue weighted by Crippen LogP contribution is -2.64. The first-order chi connectivity index (χ1) is 20.9. The number of aliphatic hydroxyl groups excluding tert-OH is 4. The first kappa shape index (κ1) is 35.5. The van der Waals surface area contributed by atoms with Crippen LogP contribution in [0, 0.1) is 45.3 Å². The first-order valence-corrected chi connectivity index (χ1v) is 17.5. The van der Waals surface area contributed by atoms with Crippen molar-refractivity contribution in [3.05, 3.63) is 23.8 Å². The van der Waals surface area contributed by atoms with E-state index in [4.69, 9.17) is 14.2 Å². The fourth-order valence-corrected chi connectivity index (χ4v) is 11.2. The molecule has 0 radical (unpaired) electrons. The number of ether oxygens (including phenoxy) is 3. The molecule has 1 aliphatic heterocycles. The lowest BCUT2D eigenvalue weighted by molar-refractivity contribution is -0.320. The maximum atomic E-state index is 10.7. The Morgan fingerprint density at radius 2 is 1.67 bits per heavy atom. The number of allylic oxidation sites excluding steroid dienone is 1. The molecule has 14 atom stereocenters. The Kier molecular flexibility index (Phi) is 9.65. The van der Waals surface area contributed by atoms with E-state index in [9.17, 15) is 25.5 Å². The van der Waals surface area contributed by atoms with Crippen molar-refractivity contribution in [2.75, 3.05) is 13.7 Å². The van der Waals surface area contributed by atoms with E-state index in [1.165, 1.54) is 24.8 Å². The highest BCUT2D eigenvalue weighted by atomic mass is 16.7. The molecule has 1 saturated heterocycles. The SMILES string of the molecule is CO[C@@H]1C=C2[C@@H](CC[C@H](O[C@@H]3O[C@H](CO)[C@@H](O)[C@@H](O)[C@H]3O)C2(C)C)[C@]2(C)CC[C@]3(C)[C@@H]([C@H](C)C/C=C/C(C)(C)O)CC[C@@]3(C)[C@H]12. The van der Waals surface area contributed by atoms with E-state index in [1.807, 2.05) is 27.0 Å². The zero-order valence-electron chi connectivity index (χ0n) is 29.2. The maximum Gasteiger partial charge on any atom is 0.187 e. The minimum atomic E-state index is -1.46. The molecule has 5 aliphatic rings. The summed E-state index contributed by atoms with van der Waals surface area (Å²) in [5, 5.41) is 51.3. The van der Waals surface area contributed by atoms with Crippen LogP contribution in [0.5, 0.6) is 0 Å². The molecule has 4 fully saturated rings. The van der Waals surface area contributed by atoms with Gasteiger partial charge in [0.2, 0.25) is 0 Å². The van der Waals surface area contributed by atoms with Gasteiger partial charge in [-0.2, -0.15) is 0 Å². The summed E-state index contributed by atoms with van der Waals surface area (Å²) in [6, 6.07) is 0. The highest BCUT2D eigenvalue weighted by Crippen LogP contribution is 2.75. The quantitative estimate of drug-likeness (QED) is 0.242. The van der Waals surface area contributed by atoms with Crippen LogP contribution in [0.25, 0.3) is 0 Å². The van der Waals surface area contributed by atoms with E-state index >= 15 is 0 Å². The summed E-state index contributed by atoms with van der Waals surface area (Å²) in [6.07, 6.45) is 7.25. The van der Waals surface area contributed by atoms with Gasteiger partial charge in [-0.1, -0.05) is 65.3 Å². The Balaban J connectivity index is 1.42. The van der Waals surface area contributed by atoms with Crippen LogP contribution in [-0.2, 0) is 14.2 Å². The molecule has 0 bridgehead atoms. The van der Waals surface area contributed by atoms with Crippen LogP contribution < -0.4 is 0 Å². The third-order valence-electron chi connectivity index (χ3n) is 13.9. The van der Waals surface area contributed by atoms with Crippen molar-refractivity contribution >= 4 is 0 Å². The van der Waals surface area contributed by atoms with Crippen molar-refractivity contribution < 1.29 is 39.7 Å². The predicted octanol–water partition coefficient (Wildman–Crippen LogP) is 4.75. The van der Waals surface area contributed by atoms with Gasteiger partial charge in [0.1, 0.15) is 24.4 Å². The standard InChI is InChI=1S/C37H62O8/c1-21(11-10-15-33(2,3)42)22-14-16-37(8)31-25(43-9)19-24-23(35(31,6)17-18-36(22,37)7)12-13-27(34(24,4)5)45-32-30(41)29(40)28(39)26(20-38)44-32/h10,15,19,21-23,25-32,38-42H,11-14,16-18,20H2,1-9H3/b15-10+/t21-,22-,23-,25-,26-,27+,28-,29-,30-,31-,32+,35+,36-,37+/m1/s1. The first-order valence-electron chi connectivity index (χ1n) is 17.5. The lowest BCUT2D eigenvalue weighted by atomic mass is 9.38. The summed E-state index contributed by atoms with van der Waals surface area (Å²) in [5.74, 6) is 1.90. The molecule has 3 saturated carbocycles. The summed E-state index contributed by atoms with van der Waals surface area (Å²) in [6.45, 7) is 17.6. The third-order valence-corrected chi connectivity index (χ3v) is 13.9. The normalized spacial score (nSPS) is 48.8. The average Bonchev–Trinajstić information content (AvgIpc) is 3.24. The molecular formula is C37H62O8. The van der Waals surface area contributed by atoms with Crippen molar-refractivity contribution in [1.82, 2.24) is 0 Å². The van der Waals surface area contributed by atoms with Gasteiger partial charge in [-0.3, -0.25) is 0 Å².